The lowest BCUT2D eigenvalue weighted by molar-refractivity contribution is 0.147. The van der Waals surface area contributed by atoms with E-state index in [1.165, 1.54) is 0 Å². The largest absolute Gasteiger partial charge is 0.502 e. The zero-order valence-electron chi connectivity index (χ0n) is 20.1. The van der Waals surface area contributed by atoms with E-state index in [4.69, 9.17) is 25.2 Å². The number of oxazole rings is 1. The zero-order valence-corrected chi connectivity index (χ0v) is 20.1. The number of urea groups is 1. The second kappa shape index (κ2) is 10.7. The molecule has 11 nitrogen and oxygen atoms in total. The van der Waals surface area contributed by atoms with Crippen LogP contribution in [-0.2, 0) is 4.74 Å². The van der Waals surface area contributed by atoms with Crippen molar-refractivity contribution in [3.63, 3.8) is 0 Å². The number of nitrogens with zero attached hydrogens (tertiary/aromatic N) is 2. The lowest BCUT2D eigenvalue weighted by Gasteiger charge is -2.12. The van der Waals surface area contributed by atoms with Gasteiger partial charge in [0.1, 0.15) is 23.9 Å². The van der Waals surface area contributed by atoms with Crippen molar-refractivity contribution in [2.45, 2.75) is 0 Å². The Hall–Kier alpha value is -5.34. The maximum atomic E-state index is 12.4. The van der Waals surface area contributed by atoms with E-state index in [1.54, 1.807) is 74.0 Å². The molecule has 0 bridgehead atoms. The number of amides is 2. The first-order chi connectivity index (χ1) is 18.5. The highest BCUT2D eigenvalue weighted by Gasteiger charge is 2.12. The van der Waals surface area contributed by atoms with Crippen LogP contribution in [0.15, 0.2) is 76.1 Å². The molecular formula is C27H21N5O6. The monoisotopic (exact) mass is 511 g/mol. The first kappa shape index (κ1) is 24.4. The number of anilines is 2. The van der Waals surface area contributed by atoms with Crippen LogP contribution in [0.4, 0.5) is 21.9 Å². The first-order valence-electron chi connectivity index (χ1n) is 11.4. The Balaban J connectivity index is 1.27. The molecule has 2 aromatic heterocycles. The lowest BCUT2D eigenvalue weighted by Crippen LogP contribution is -2.19. The Kier molecular flexibility index (Phi) is 6.88. The summed E-state index contributed by atoms with van der Waals surface area (Å²) < 4.78 is 21.7. The molecular weight excluding hydrogens is 490 g/mol. The number of methoxy groups -OCH3 is 1. The van der Waals surface area contributed by atoms with Crippen LogP contribution in [-0.4, -0.2) is 36.3 Å². The zero-order chi connectivity index (χ0) is 26.5. The van der Waals surface area contributed by atoms with Crippen LogP contribution in [0.2, 0.25) is 0 Å². The molecule has 0 atom stereocenters. The topological polar surface area (TPSA) is 132 Å². The molecule has 0 fully saturated rings. The van der Waals surface area contributed by atoms with E-state index in [0.717, 1.165) is 0 Å². The first-order valence-corrected chi connectivity index (χ1v) is 11.4. The van der Waals surface area contributed by atoms with Gasteiger partial charge in [0.15, 0.2) is 5.58 Å². The standard InChI is InChI=1S/C27H21N5O6/c1-28-22-14-19-21(15-24(22)36-12-11-35-2)29-10-9-23(19)37-18-6-3-16(4-7-18)30-26(33)31-17-5-8-20-25(13-17)38-27(34)32-20/h3-10,13-15H,11-12H2,2H3,(H,32,34)(H2,30,31,33). The number of carbonyl (C=O) groups excluding carboxylic acids is 1. The highest BCUT2D eigenvalue weighted by Crippen LogP contribution is 2.37. The number of fused-ring (bicyclic) bond motifs is 2. The number of aromatic amines is 1. The number of benzene rings is 3. The predicted octanol–water partition coefficient (Wildman–Crippen LogP) is 5.68. The Morgan fingerprint density at radius 1 is 1.03 bits per heavy atom. The molecule has 5 aromatic rings. The third kappa shape index (κ3) is 5.40. The number of hydrogen-bond donors (Lipinski definition) is 3. The van der Waals surface area contributed by atoms with Crippen LogP contribution in [0.25, 0.3) is 26.8 Å². The Labute approximate surface area is 215 Å². The van der Waals surface area contributed by atoms with Crippen LogP contribution in [0, 0.1) is 6.57 Å². The lowest BCUT2D eigenvalue weighted by atomic mass is 10.1. The summed E-state index contributed by atoms with van der Waals surface area (Å²) in [5.74, 6) is 0.919. The van der Waals surface area contributed by atoms with E-state index in [2.05, 4.69) is 25.4 Å². The number of nitrogens with one attached hydrogen (secondary N) is 3. The smallest absolute Gasteiger partial charge is 0.417 e. The number of pyridine rings is 1. The SMILES string of the molecule is [C-]#[N+]c1cc2c(Oc3ccc(NC(=O)Nc4ccc5[nH]c(=O)oc5c4)cc3)ccnc2cc1OCCOC. The molecule has 5 rings (SSSR count). The van der Waals surface area contributed by atoms with Gasteiger partial charge in [0.25, 0.3) is 0 Å². The Morgan fingerprint density at radius 2 is 1.82 bits per heavy atom. The van der Waals surface area contributed by atoms with Crippen molar-refractivity contribution in [1.29, 1.82) is 0 Å². The van der Waals surface area contributed by atoms with Crippen molar-refractivity contribution in [2.24, 2.45) is 0 Å². The van der Waals surface area contributed by atoms with Gasteiger partial charge >= 0.3 is 11.8 Å². The molecule has 0 saturated heterocycles. The molecule has 2 heterocycles. The summed E-state index contributed by atoms with van der Waals surface area (Å²) >= 11 is 0. The maximum Gasteiger partial charge on any atom is 0.417 e. The molecule has 3 aromatic carbocycles. The van der Waals surface area contributed by atoms with Gasteiger partial charge in [-0.25, -0.2) is 14.4 Å². The molecule has 0 radical (unpaired) electrons. The van der Waals surface area contributed by atoms with Gasteiger partial charge in [0.2, 0.25) is 5.69 Å². The highest BCUT2D eigenvalue weighted by molar-refractivity contribution is 6.00. The number of hydrogen-bond acceptors (Lipinski definition) is 7. The van der Waals surface area contributed by atoms with Crippen LogP contribution < -0.4 is 25.9 Å². The third-order valence-corrected chi connectivity index (χ3v) is 5.47. The van der Waals surface area contributed by atoms with E-state index in [1.807, 2.05) is 0 Å². The second-order valence-corrected chi connectivity index (χ2v) is 8.03. The van der Waals surface area contributed by atoms with Crippen LogP contribution >= 0.6 is 0 Å². The van der Waals surface area contributed by atoms with E-state index < -0.39 is 11.8 Å². The van der Waals surface area contributed by atoms with E-state index >= 15 is 0 Å². The molecule has 2 amide bonds. The predicted molar refractivity (Wildman–Crippen MR) is 141 cm³/mol. The number of ether oxygens (including phenoxy) is 3. The quantitative estimate of drug-likeness (QED) is 0.180. The van der Waals surface area contributed by atoms with Gasteiger partial charge in [-0.15, -0.1) is 0 Å². The molecule has 11 heteroatoms. The second-order valence-electron chi connectivity index (χ2n) is 8.03. The van der Waals surface area contributed by atoms with Crippen LogP contribution in [0.3, 0.4) is 0 Å². The van der Waals surface area contributed by atoms with Gasteiger partial charge in [-0.05, 0) is 54.6 Å². The molecule has 0 aliphatic heterocycles. The minimum absolute atomic E-state index is 0.319. The summed E-state index contributed by atoms with van der Waals surface area (Å²) in [7, 11) is 1.58. The molecule has 0 spiro atoms. The Morgan fingerprint density at radius 3 is 2.61 bits per heavy atom. The minimum atomic E-state index is -0.563. The number of aromatic nitrogens is 2. The van der Waals surface area contributed by atoms with Crippen molar-refractivity contribution in [3.05, 3.63) is 88.8 Å². The summed E-state index contributed by atoms with van der Waals surface area (Å²) in [5, 5.41) is 6.09. The number of carbonyl (C=O) groups is 1. The van der Waals surface area contributed by atoms with E-state index in [-0.39, 0.29) is 0 Å². The molecule has 0 unspecified atom stereocenters. The third-order valence-electron chi connectivity index (χ3n) is 5.47. The number of rotatable bonds is 8. The van der Waals surface area contributed by atoms with E-state index in [0.29, 0.717) is 69.5 Å². The van der Waals surface area contributed by atoms with Gasteiger partial charge in [-0.2, -0.15) is 0 Å². The van der Waals surface area contributed by atoms with E-state index in [9.17, 15) is 9.59 Å². The summed E-state index contributed by atoms with van der Waals surface area (Å²) in [6, 6.07) is 16.3. The summed E-state index contributed by atoms with van der Waals surface area (Å²) in [5.41, 5.74) is 2.85. The normalized spacial score (nSPS) is 10.7. The minimum Gasteiger partial charge on any atom is -0.502 e. The average Bonchev–Trinajstić information content (AvgIpc) is 3.29. The maximum absolute atomic E-state index is 12.4. The average molecular weight is 511 g/mol. The van der Waals surface area contributed by atoms with Gasteiger partial charge in [0, 0.05) is 36.1 Å². The van der Waals surface area contributed by atoms with Crippen LogP contribution in [0.5, 0.6) is 17.2 Å². The fraction of sp³-hybridized carbons (Fsp3) is 0.111. The molecule has 38 heavy (non-hydrogen) atoms. The number of H-pyrrole nitrogens is 1. The van der Waals surface area contributed by atoms with Crippen LogP contribution in [0.1, 0.15) is 0 Å². The fourth-order valence-corrected chi connectivity index (χ4v) is 3.71. The molecule has 0 aliphatic carbocycles. The fourth-order valence-electron chi connectivity index (χ4n) is 3.71. The molecule has 3 N–H and O–H groups in total. The van der Waals surface area contributed by atoms with Crippen molar-refractivity contribution in [1.82, 2.24) is 9.97 Å². The molecule has 190 valence electrons. The molecule has 0 aliphatic rings. The summed E-state index contributed by atoms with van der Waals surface area (Å²) in [6.07, 6.45) is 1.62. The van der Waals surface area contributed by atoms with Gasteiger partial charge in [-0.1, -0.05) is 0 Å². The van der Waals surface area contributed by atoms with Gasteiger partial charge in [-0.3, -0.25) is 9.97 Å². The van der Waals surface area contributed by atoms with Gasteiger partial charge in [0.05, 0.1) is 24.2 Å². The summed E-state index contributed by atoms with van der Waals surface area (Å²) in [4.78, 5) is 34.2. The van der Waals surface area contributed by atoms with Crippen molar-refractivity contribution in [3.8, 4) is 17.2 Å². The molecule has 0 saturated carbocycles. The van der Waals surface area contributed by atoms with Gasteiger partial charge < -0.3 is 29.3 Å². The highest BCUT2D eigenvalue weighted by atomic mass is 16.5. The Bertz CT molecular complexity index is 1720. The summed E-state index contributed by atoms with van der Waals surface area (Å²) in [6.45, 7) is 8.24. The van der Waals surface area contributed by atoms with Crippen molar-refractivity contribution in [2.75, 3.05) is 31.0 Å². The van der Waals surface area contributed by atoms with Crippen molar-refractivity contribution < 1.29 is 23.4 Å². The van der Waals surface area contributed by atoms with Crippen molar-refractivity contribution >= 4 is 45.1 Å².